The third-order valence-electron chi connectivity index (χ3n) is 6.18. The summed E-state index contributed by atoms with van der Waals surface area (Å²) in [5, 5.41) is 11.6. The first-order valence-corrected chi connectivity index (χ1v) is 13.0. The zero-order chi connectivity index (χ0) is 25.2. The van der Waals surface area contributed by atoms with Crippen LogP contribution in [-0.2, 0) is 16.6 Å². The van der Waals surface area contributed by atoms with Crippen molar-refractivity contribution in [1.82, 2.24) is 4.90 Å². The van der Waals surface area contributed by atoms with E-state index >= 15 is 0 Å². The van der Waals surface area contributed by atoms with Crippen molar-refractivity contribution in [2.24, 2.45) is 0 Å². The Morgan fingerprint density at radius 2 is 1.69 bits per heavy atom. The summed E-state index contributed by atoms with van der Waals surface area (Å²) >= 11 is 6.26. The third-order valence-corrected chi connectivity index (χ3v) is 8.45. The van der Waals surface area contributed by atoms with Gasteiger partial charge >= 0.3 is 0 Å². The van der Waals surface area contributed by atoms with Crippen LogP contribution < -0.4 is 4.31 Å². The van der Waals surface area contributed by atoms with Crippen LogP contribution >= 0.6 is 11.6 Å². The van der Waals surface area contributed by atoms with Gasteiger partial charge in [-0.3, -0.25) is 19.3 Å². The molecule has 7 nitrogen and oxygen atoms in total. The molecule has 0 aromatic heterocycles. The number of rotatable bonds is 7. The molecule has 0 radical (unpaired) electrons. The van der Waals surface area contributed by atoms with Gasteiger partial charge in [-0.2, -0.15) is 0 Å². The first-order chi connectivity index (χ1) is 16.6. The molecular formula is C25H25ClFN3O4S. The number of nitro benzene ring substituents is 1. The maximum atomic E-state index is 13.7. The topological polar surface area (TPSA) is 83.8 Å². The maximum absolute atomic E-state index is 13.7. The lowest BCUT2D eigenvalue weighted by Crippen LogP contribution is -2.47. The standard InChI is InChI=1S/C25H25ClFN3O4S/c1-18-2-9-24(10-3-18)35(33,34)29(21-6-4-20(27)5-7-21)22-12-14-28(15-13-22)17-19-16-23(30(31)32)8-11-25(19)26/h2-11,16,22H,12-15,17H2,1H3. The summed E-state index contributed by atoms with van der Waals surface area (Å²) in [5.74, 6) is -0.440. The normalized spacial score (nSPS) is 15.2. The molecule has 3 aromatic rings. The number of nitro groups is 1. The molecule has 184 valence electrons. The van der Waals surface area contributed by atoms with Crippen LogP contribution in [0.5, 0.6) is 0 Å². The Kier molecular flexibility index (Phi) is 7.39. The van der Waals surface area contributed by atoms with Gasteiger partial charge in [-0.15, -0.1) is 0 Å². The number of nitrogens with zero attached hydrogens (tertiary/aromatic N) is 3. The Morgan fingerprint density at radius 3 is 2.29 bits per heavy atom. The molecule has 0 atom stereocenters. The Hall–Kier alpha value is -3.01. The van der Waals surface area contributed by atoms with Crippen molar-refractivity contribution in [3.05, 3.63) is 98.8 Å². The second-order valence-corrected chi connectivity index (χ2v) is 10.9. The van der Waals surface area contributed by atoms with Gasteiger partial charge < -0.3 is 0 Å². The molecule has 0 amide bonds. The first-order valence-electron chi connectivity index (χ1n) is 11.2. The van der Waals surface area contributed by atoms with E-state index in [1.807, 2.05) is 6.92 Å². The van der Waals surface area contributed by atoms with E-state index in [0.29, 0.717) is 48.7 Å². The summed E-state index contributed by atoms with van der Waals surface area (Å²) in [4.78, 5) is 12.9. The molecule has 1 aliphatic heterocycles. The fourth-order valence-electron chi connectivity index (χ4n) is 4.31. The number of hydrogen-bond acceptors (Lipinski definition) is 5. The molecule has 0 spiro atoms. The number of halogens is 2. The van der Waals surface area contributed by atoms with Crippen LogP contribution in [0.2, 0.25) is 5.02 Å². The van der Waals surface area contributed by atoms with Crippen molar-refractivity contribution in [2.75, 3.05) is 17.4 Å². The van der Waals surface area contributed by atoms with Crippen LogP contribution in [0.3, 0.4) is 0 Å². The van der Waals surface area contributed by atoms with Gasteiger partial charge in [0, 0.05) is 42.8 Å². The van der Waals surface area contributed by atoms with Crippen LogP contribution in [0.4, 0.5) is 15.8 Å². The van der Waals surface area contributed by atoms with Crippen molar-refractivity contribution in [3.63, 3.8) is 0 Å². The van der Waals surface area contributed by atoms with Gasteiger partial charge in [-0.25, -0.2) is 12.8 Å². The van der Waals surface area contributed by atoms with Crippen molar-refractivity contribution >= 4 is 33.0 Å². The molecule has 0 aliphatic carbocycles. The molecule has 4 rings (SSSR count). The summed E-state index contributed by atoms with van der Waals surface area (Å²) in [5.41, 5.74) is 1.99. The van der Waals surface area contributed by atoms with Gasteiger partial charge in [0.25, 0.3) is 15.7 Å². The van der Waals surface area contributed by atoms with Crippen LogP contribution in [0.15, 0.2) is 71.6 Å². The molecule has 1 aliphatic rings. The first kappa shape index (κ1) is 25.1. The van der Waals surface area contributed by atoms with Crippen molar-refractivity contribution < 1.29 is 17.7 Å². The van der Waals surface area contributed by atoms with E-state index in [1.54, 1.807) is 24.3 Å². The highest BCUT2D eigenvalue weighted by Crippen LogP contribution is 2.32. The lowest BCUT2D eigenvalue weighted by molar-refractivity contribution is -0.384. The highest BCUT2D eigenvalue weighted by atomic mass is 35.5. The summed E-state index contributed by atoms with van der Waals surface area (Å²) in [6.45, 7) is 3.46. The number of piperidine rings is 1. The average molecular weight is 518 g/mol. The van der Waals surface area contributed by atoms with E-state index in [-0.39, 0.29) is 16.6 Å². The van der Waals surface area contributed by atoms with Gasteiger partial charge in [0.15, 0.2) is 0 Å². The zero-order valence-electron chi connectivity index (χ0n) is 19.1. The monoisotopic (exact) mass is 517 g/mol. The largest absolute Gasteiger partial charge is 0.299 e. The number of anilines is 1. The van der Waals surface area contributed by atoms with E-state index in [0.717, 1.165) is 5.56 Å². The van der Waals surface area contributed by atoms with Crippen molar-refractivity contribution in [2.45, 2.75) is 37.2 Å². The Balaban J connectivity index is 1.56. The molecule has 10 heteroatoms. The van der Waals surface area contributed by atoms with Gasteiger partial charge in [0.2, 0.25) is 0 Å². The Bertz CT molecular complexity index is 1310. The van der Waals surface area contributed by atoms with Gasteiger partial charge in [0.05, 0.1) is 15.5 Å². The minimum atomic E-state index is -3.89. The van der Waals surface area contributed by atoms with E-state index in [4.69, 9.17) is 11.6 Å². The lowest BCUT2D eigenvalue weighted by Gasteiger charge is -2.39. The van der Waals surface area contributed by atoms with Gasteiger partial charge in [-0.05, 0) is 67.8 Å². The smallest absolute Gasteiger partial charge is 0.269 e. The third kappa shape index (κ3) is 5.63. The van der Waals surface area contributed by atoms with Crippen LogP contribution in [0.25, 0.3) is 0 Å². The zero-order valence-corrected chi connectivity index (χ0v) is 20.7. The van der Waals surface area contributed by atoms with Crippen LogP contribution in [-0.4, -0.2) is 37.4 Å². The molecule has 1 heterocycles. The summed E-state index contributed by atoms with van der Waals surface area (Å²) in [7, 11) is -3.89. The molecule has 0 unspecified atom stereocenters. The minimum absolute atomic E-state index is 0.0223. The fraction of sp³-hybridized carbons (Fsp3) is 0.280. The molecule has 0 saturated carbocycles. The molecule has 0 bridgehead atoms. The number of benzene rings is 3. The highest BCUT2D eigenvalue weighted by Gasteiger charge is 2.34. The SMILES string of the molecule is Cc1ccc(S(=O)(=O)N(c2ccc(F)cc2)C2CCN(Cc3cc([N+](=O)[O-])ccc3Cl)CC2)cc1. The molecule has 35 heavy (non-hydrogen) atoms. The molecular weight excluding hydrogens is 493 g/mol. The fourth-order valence-corrected chi connectivity index (χ4v) is 6.19. The number of hydrogen-bond donors (Lipinski definition) is 0. The minimum Gasteiger partial charge on any atom is -0.299 e. The Morgan fingerprint density at radius 1 is 1.06 bits per heavy atom. The quantitative estimate of drug-likeness (QED) is 0.303. The van der Waals surface area contributed by atoms with Gasteiger partial charge in [0.1, 0.15) is 5.82 Å². The predicted molar refractivity (Wildman–Crippen MR) is 134 cm³/mol. The Labute approximate surface area is 208 Å². The van der Waals surface area contributed by atoms with E-state index in [9.17, 15) is 22.9 Å². The van der Waals surface area contributed by atoms with Crippen LogP contribution in [0, 0.1) is 22.9 Å². The molecule has 0 N–H and O–H groups in total. The van der Waals surface area contributed by atoms with E-state index in [2.05, 4.69) is 4.90 Å². The lowest BCUT2D eigenvalue weighted by atomic mass is 10.0. The van der Waals surface area contributed by atoms with Crippen LogP contribution in [0.1, 0.15) is 24.0 Å². The average Bonchev–Trinajstić information content (AvgIpc) is 2.83. The predicted octanol–water partition coefficient (Wildman–Crippen LogP) is 5.56. The molecule has 3 aromatic carbocycles. The number of sulfonamides is 1. The number of non-ortho nitro benzene ring substituents is 1. The van der Waals surface area contributed by atoms with E-state index < -0.39 is 20.8 Å². The molecule has 1 saturated heterocycles. The summed E-state index contributed by atoms with van der Waals surface area (Å²) in [6.07, 6.45) is 1.07. The van der Waals surface area contributed by atoms with E-state index in [1.165, 1.54) is 46.8 Å². The second kappa shape index (κ2) is 10.3. The van der Waals surface area contributed by atoms with Crippen molar-refractivity contribution in [3.8, 4) is 0 Å². The maximum Gasteiger partial charge on any atom is 0.269 e. The number of likely N-dealkylation sites (tertiary alicyclic amines) is 1. The summed E-state index contributed by atoms with van der Waals surface area (Å²) in [6, 6.07) is 16.2. The number of aryl methyl sites for hydroxylation is 1. The molecule has 1 fully saturated rings. The highest BCUT2D eigenvalue weighted by molar-refractivity contribution is 7.92. The summed E-state index contributed by atoms with van der Waals surface area (Å²) < 4.78 is 42.4. The van der Waals surface area contributed by atoms with Gasteiger partial charge in [-0.1, -0.05) is 29.3 Å². The van der Waals surface area contributed by atoms with Crippen molar-refractivity contribution in [1.29, 1.82) is 0 Å². The second-order valence-electron chi connectivity index (χ2n) is 8.63.